The Hall–Kier alpha value is -1.80. The van der Waals surface area contributed by atoms with E-state index < -0.39 is 5.97 Å². The maximum atomic E-state index is 11.3. The number of aryl methyl sites for hydroxylation is 2. The van der Waals surface area contributed by atoms with E-state index in [1.54, 1.807) is 7.11 Å². The maximum Gasteiger partial charge on any atom is 0.343 e. The molecule has 0 unspecified atom stereocenters. The summed E-state index contributed by atoms with van der Waals surface area (Å²) in [5.41, 5.74) is 5.93. The van der Waals surface area contributed by atoms with Crippen LogP contribution in [-0.4, -0.2) is 33.6 Å². The summed E-state index contributed by atoms with van der Waals surface area (Å²) in [5.74, 6) is 1.52. The predicted octanol–water partition coefficient (Wildman–Crippen LogP) is 5.16. The summed E-state index contributed by atoms with van der Waals surface area (Å²) in [6, 6.07) is 8.32. The quantitative estimate of drug-likeness (QED) is 0.264. The molecule has 29 heavy (non-hydrogen) atoms. The molecule has 0 saturated carbocycles. The van der Waals surface area contributed by atoms with E-state index in [9.17, 15) is 4.79 Å². The van der Waals surface area contributed by atoms with E-state index in [0.29, 0.717) is 11.7 Å². The Morgan fingerprint density at radius 1 is 1.03 bits per heavy atom. The van der Waals surface area contributed by atoms with Crippen molar-refractivity contribution in [2.45, 2.75) is 40.0 Å². The van der Waals surface area contributed by atoms with Gasteiger partial charge in [0.2, 0.25) is 0 Å². The Labute approximate surface area is 186 Å². The van der Waals surface area contributed by atoms with Crippen molar-refractivity contribution in [3.8, 4) is 11.5 Å². The summed E-state index contributed by atoms with van der Waals surface area (Å²) in [5, 5.41) is 0. The van der Waals surface area contributed by atoms with Crippen LogP contribution in [0.5, 0.6) is 11.5 Å². The zero-order chi connectivity index (χ0) is 21.6. The molecule has 2 aromatic carbocycles. The molecule has 0 N–H and O–H groups in total. The number of benzene rings is 2. The number of halogens is 1. The topological polar surface area (TPSA) is 54.0 Å². The fourth-order valence-electron chi connectivity index (χ4n) is 3.20. The van der Waals surface area contributed by atoms with Gasteiger partial charge in [-0.05, 0) is 94.8 Å². The zero-order valence-electron chi connectivity index (χ0n) is 17.9. The summed E-state index contributed by atoms with van der Waals surface area (Å²) < 4.78 is 22.1. The minimum Gasteiger partial charge on any atom is -0.482 e. The molecule has 2 aromatic rings. The molecule has 0 heterocycles. The van der Waals surface area contributed by atoms with Gasteiger partial charge in [0.15, 0.2) is 13.4 Å². The summed E-state index contributed by atoms with van der Waals surface area (Å²) >= 11 is 2.33. The smallest absolute Gasteiger partial charge is 0.343 e. The first-order valence-electron chi connectivity index (χ1n) is 9.50. The highest BCUT2D eigenvalue weighted by molar-refractivity contribution is 14.1. The molecule has 6 heteroatoms. The van der Waals surface area contributed by atoms with Crippen LogP contribution in [0.15, 0.2) is 24.3 Å². The lowest BCUT2D eigenvalue weighted by Gasteiger charge is -2.19. The van der Waals surface area contributed by atoms with Crippen LogP contribution in [0, 0.1) is 17.4 Å². The third-order valence-corrected chi connectivity index (χ3v) is 5.51. The molecule has 0 fully saturated rings. The average molecular weight is 512 g/mol. The second-order valence-electron chi connectivity index (χ2n) is 7.28. The Kier molecular flexibility index (Phi) is 8.77. The Morgan fingerprint density at radius 2 is 1.69 bits per heavy atom. The SMILES string of the molecule is COCOc1c(I)cc(Cc2c(C)cc(OCC(=O)OC)cc2C)cc1C(C)C. The van der Waals surface area contributed by atoms with Gasteiger partial charge in [0.1, 0.15) is 11.5 Å². The van der Waals surface area contributed by atoms with E-state index in [0.717, 1.165) is 26.9 Å². The monoisotopic (exact) mass is 512 g/mol. The van der Waals surface area contributed by atoms with Crippen LogP contribution >= 0.6 is 22.6 Å². The molecule has 0 radical (unpaired) electrons. The Balaban J connectivity index is 2.30. The van der Waals surface area contributed by atoms with E-state index in [1.807, 2.05) is 12.1 Å². The number of hydrogen-bond acceptors (Lipinski definition) is 5. The number of esters is 1. The predicted molar refractivity (Wildman–Crippen MR) is 122 cm³/mol. The number of hydrogen-bond donors (Lipinski definition) is 0. The van der Waals surface area contributed by atoms with Crippen molar-refractivity contribution in [3.63, 3.8) is 0 Å². The third-order valence-electron chi connectivity index (χ3n) is 4.71. The first kappa shape index (κ1) is 23.5. The van der Waals surface area contributed by atoms with Crippen LogP contribution in [0.1, 0.15) is 47.6 Å². The molecule has 0 bridgehead atoms. The Bertz CT molecular complexity index is 838. The van der Waals surface area contributed by atoms with E-state index in [4.69, 9.17) is 14.2 Å². The van der Waals surface area contributed by atoms with Crippen molar-refractivity contribution in [1.82, 2.24) is 0 Å². The van der Waals surface area contributed by atoms with Gasteiger partial charge in [0, 0.05) is 7.11 Å². The third kappa shape index (κ3) is 6.34. The minimum atomic E-state index is -0.393. The van der Waals surface area contributed by atoms with Gasteiger partial charge in [-0.15, -0.1) is 0 Å². The van der Waals surface area contributed by atoms with E-state index >= 15 is 0 Å². The van der Waals surface area contributed by atoms with Gasteiger partial charge in [-0.3, -0.25) is 0 Å². The van der Waals surface area contributed by atoms with E-state index in [2.05, 4.69) is 67.2 Å². The molecule has 158 valence electrons. The molecule has 0 saturated heterocycles. The minimum absolute atomic E-state index is 0.0897. The van der Waals surface area contributed by atoms with Crippen molar-refractivity contribution < 1.29 is 23.7 Å². The van der Waals surface area contributed by atoms with Gasteiger partial charge < -0.3 is 18.9 Å². The number of carbonyl (C=O) groups excluding carboxylic acids is 1. The molecular formula is C23H29IO5. The maximum absolute atomic E-state index is 11.3. The van der Waals surface area contributed by atoms with Gasteiger partial charge in [-0.2, -0.15) is 0 Å². The summed E-state index contributed by atoms with van der Waals surface area (Å²) in [6.07, 6.45) is 0.815. The zero-order valence-corrected chi connectivity index (χ0v) is 20.1. The average Bonchev–Trinajstić information content (AvgIpc) is 2.67. The van der Waals surface area contributed by atoms with Gasteiger partial charge in [0.05, 0.1) is 10.7 Å². The van der Waals surface area contributed by atoms with Crippen LogP contribution in [0.25, 0.3) is 0 Å². The molecule has 0 atom stereocenters. The normalized spacial score (nSPS) is 10.9. The van der Waals surface area contributed by atoms with Crippen LogP contribution in [0.3, 0.4) is 0 Å². The lowest BCUT2D eigenvalue weighted by molar-refractivity contribution is -0.142. The molecule has 0 aliphatic rings. The van der Waals surface area contributed by atoms with Gasteiger partial charge in [-0.1, -0.05) is 19.9 Å². The molecule has 5 nitrogen and oxygen atoms in total. The van der Waals surface area contributed by atoms with Crippen molar-refractivity contribution in [2.75, 3.05) is 27.6 Å². The van der Waals surface area contributed by atoms with Crippen molar-refractivity contribution >= 4 is 28.6 Å². The molecule has 0 aliphatic heterocycles. The molecule has 0 amide bonds. The molecule has 0 aromatic heterocycles. The second-order valence-corrected chi connectivity index (χ2v) is 8.44. The van der Waals surface area contributed by atoms with Crippen LogP contribution in [0.4, 0.5) is 0 Å². The lowest BCUT2D eigenvalue weighted by atomic mass is 9.93. The number of methoxy groups -OCH3 is 2. The second kappa shape index (κ2) is 10.8. The van der Waals surface area contributed by atoms with Crippen molar-refractivity contribution in [3.05, 3.63) is 55.7 Å². The first-order valence-corrected chi connectivity index (χ1v) is 10.6. The molecule has 0 aliphatic carbocycles. The molecule has 0 spiro atoms. The molecular weight excluding hydrogens is 483 g/mol. The summed E-state index contributed by atoms with van der Waals surface area (Å²) in [4.78, 5) is 11.3. The number of rotatable bonds is 9. The largest absolute Gasteiger partial charge is 0.482 e. The van der Waals surface area contributed by atoms with Crippen LogP contribution < -0.4 is 9.47 Å². The van der Waals surface area contributed by atoms with Crippen molar-refractivity contribution in [2.24, 2.45) is 0 Å². The van der Waals surface area contributed by atoms with Gasteiger partial charge >= 0.3 is 5.97 Å². The van der Waals surface area contributed by atoms with E-state index in [-0.39, 0.29) is 13.4 Å². The Morgan fingerprint density at radius 3 is 2.24 bits per heavy atom. The first-order chi connectivity index (χ1) is 13.8. The number of carbonyl (C=O) groups is 1. The lowest BCUT2D eigenvalue weighted by Crippen LogP contribution is -2.13. The highest BCUT2D eigenvalue weighted by Crippen LogP contribution is 2.34. The van der Waals surface area contributed by atoms with Crippen LogP contribution in [-0.2, 0) is 20.7 Å². The van der Waals surface area contributed by atoms with E-state index in [1.165, 1.54) is 23.8 Å². The standard InChI is InChI=1S/C23H29IO5/c1-14(2)19-9-17(11-21(24)23(19)29-13-26-5)10-20-15(3)7-18(8-16(20)4)28-12-22(25)27-6/h7-9,11,14H,10,12-13H2,1-6H3. The fourth-order valence-corrected chi connectivity index (χ4v) is 4.06. The highest BCUT2D eigenvalue weighted by atomic mass is 127. The summed E-state index contributed by atoms with van der Waals surface area (Å²) in [7, 11) is 2.98. The van der Waals surface area contributed by atoms with Gasteiger partial charge in [0.25, 0.3) is 0 Å². The van der Waals surface area contributed by atoms with Crippen LogP contribution in [0.2, 0.25) is 0 Å². The van der Waals surface area contributed by atoms with Crippen molar-refractivity contribution in [1.29, 1.82) is 0 Å². The number of ether oxygens (including phenoxy) is 4. The summed E-state index contributed by atoms with van der Waals surface area (Å²) in [6.45, 7) is 8.61. The highest BCUT2D eigenvalue weighted by Gasteiger charge is 2.16. The molecule has 2 rings (SSSR count). The van der Waals surface area contributed by atoms with Gasteiger partial charge in [-0.25, -0.2) is 4.79 Å². The fraction of sp³-hybridized carbons (Fsp3) is 0.435.